The van der Waals surface area contributed by atoms with E-state index in [9.17, 15) is 0 Å². The average Bonchev–Trinajstić information content (AvgIpc) is 3.01. The molecule has 6 nitrogen and oxygen atoms in total. The number of aromatic nitrogens is 1. The number of ether oxygens (including phenoxy) is 4. The topological polar surface area (TPSA) is 53.0 Å². The maximum absolute atomic E-state index is 6.38. The molecule has 0 radical (unpaired) electrons. The zero-order valence-corrected chi connectivity index (χ0v) is 22.3. The van der Waals surface area contributed by atoms with Gasteiger partial charge >= 0.3 is 0 Å². The summed E-state index contributed by atoms with van der Waals surface area (Å²) in [5, 5.41) is 0. The Morgan fingerprint density at radius 3 is 2.31 bits per heavy atom. The molecule has 39 heavy (non-hydrogen) atoms. The van der Waals surface area contributed by atoms with Crippen LogP contribution in [0.1, 0.15) is 22.4 Å². The van der Waals surface area contributed by atoms with Crippen molar-refractivity contribution in [2.24, 2.45) is 0 Å². The minimum atomic E-state index is -0.0409. The number of para-hydroxylation sites is 1. The van der Waals surface area contributed by atoms with Crippen molar-refractivity contribution in [2.75, 3.05) is 33.4 Å². The molecule has 2 aliphatic heterocycles. The minimum Gasteiger partial charge on any atom is -0.497 e. The van der Waals surface area contributed by atoms with Crippen molar-refractivity contribution in [2.45, 2.75) is 32.1 Å². The summed E-state index contributed by atoms with van der Waals surface area (Å²) in [6.07, 6.45) is 1.66. The first-order valence-electron chi connectivity index (χ1n) is 13.6. The fourth-order valence-corrected chi connectivity index (χ4v) is 5.41. The molecule has 0 amide bonds. The van der Waals surface area contributed by atoms with E-state index in [0.717, 1.165) is 61.0 Å². The lowest BCUT2D eigenvalue weighted by Gasteiger charge is -2.34. The highest BCUT2D eigenvalue weighted by molar-refractivity contribution is 5.67. The van der Waals surface area contributed by atoms with Crippen molar-refractivity contribution in [3.8, 4) is 28.5 Å². The molecular formula is C33H34N2O4. The van der Waals surface area contributed by atoms with E-state index in [1.165, 1.54) is 22.4 Å². The highest BCUT2D eigenvalue weighted by Crippen LogP contribution is 2.36. The fraction of sp³-hybridized carbons (Fsp3) is 0.303. The van der Waals surface area contributed by atoms with Crippen molar-refractivity contribution in [3.63, 3.8) is 0 Å². The van der Waals surface area contributed by atoms with E-state index in [-0.39, 0.29) is 6.10 Å². The summed E-state index contributed by atoms with van der Waals surface area (Å²) in [7, 11) is 1.66. The molecule has 6 heteroatoms. The lowest BCUT2D eigenvalue weighted by atomic mass is 9.88. The Hall–Kier alpha value is -3.87. The SMILES string of the molecule is COc1ccc(OC[C@H]2Cc3c(-c4ccccc4)nc4c(c3CO2)CN(CCOc2ccccc2)CC4)cc1. The molecule has 0 fully saturated rings. The van der Waals surface area contributed by atoms with Crippen LogP contribution in [0.5, 0.6) is 17.2 Å². The van der Waals surface area contributed by atoms with Crippen LogP contribution in [0.25, 0.3) is 11.3 Å². The highest BCUT2D eigenvalue weighted by Gasteiger charge is 2.30. The molecule has 2 aliphatic rings. The quantitative estimate of drug-likeness (QED) is 0.281. The average molecular weight is 523 g/mol. The zero-order chi connectivity index (χ0) is 26.4. The van der Waals surface area contributed by atoms with Crippen LogP contribution in [0.2, 0.25) is 0 Å². The number of hydrogen-bond donors (Lipinski definition) is 0. The lowest BCUT2D eigenvalue weighted by Crippen LogP contribution is -2.37. The van der Waals surface area contributed by atoms with Crippen LogP contribution in [0.3, 0.4) is 0 Å². The third-order valence-corrected chi connectivity index (χ3v) is 7.51. The monoisotopic (exact) mass is 522 g/mol. The first-order chi connectivity index (χ1) is 19.3. The Morgan fingerprint density at radius 2 is 1.54 bits per heavy atom. The molecule has 4 aromatic rings. The first-order valence-corrected chi connectivity index (χ1v) is 13.6. The Labute approximate surface area is 230 Å². The molecule has 1 aromatic heterocycles. The predicted molar refractivity (Wildman–Crippen MR) is 151 cm³/mol. The van der Waals surface area contributed by atoms with Gasteiger partial charge in [-0.05, 0) is 53.1 Å². The van der Waals surface area contributed by atoms with Gasteiger partial charge in [-0.25, -0.2) is 0 Å². The first kappa shape index (κ1) is 25.4. The molecule has 0 spiro atoms. The summed E-state index contributed by atoms with van der Waals surface area (Å²) in [6, 6.07) is 28.2. The normalized spacial score (nSPS) is 16.7. The fourth-order valence-electron chi connectivity index (χ4n) is 5.41. The van der Waals surface area contributed by atoms with Crippen molar-refractivity contribution in [1.29, 1.82) is 0 Å². The summed E-state index contributed by atoms with van der Waals surface area (Å²) >= 11 is 0. The van der Waals surface area contributed by atoms with Crippen molar-refractivity contribution >= 4 is 0 Å². The Bertz CT molecular complexity index is 1380. The zero-order valence-electron chi connectivity index (χ0n) is 22.3. The smallest absolute Gasteiger partial charge is 0.119 e. The van der Waals surface area contributed by atoms with Gasteiger partial charge in [-0.15, -0.1) is 0 Å². The van der Waals surface area contributed by atoms with E-state index in [4.69, 9.17) is 23.9 Å². The van der Waals surface area contributed by atoms with Gasteiger partial charge in [0.2, 0.25) is 0 Å². The molecule has 0 saturated heterocycles. The van der Waals surface area contributed by atoms with Gasteiger partial charge in [0.15, 0.2) is 0 Å². The second-order valence-electron chi connectivity index (χ2n) is 10.0. The molecule has 0 N–H and O–H groups in total. The van der Waals surface area contributed by atoms with E-state index < -0.39 is 0 Å². The van der Waals surface area contributed by atoms with Crippen LogP contribution in [-0.2, 0) is 30.7 Å². The maximum Gasteiger partial charge on any atom is 0.119 e. The Balaban J connectivity index is 1.20. The lowest BCUT2D eigenvalue weighted by molar-refractivity contribution is -0.00145. The summed E-state index contributed by atoms with van der Waals surface area (Å²) in [5.74, 6) is 2.54. The standard InChI is InChI=1S/C33H34N2O4/c1-36-25-12-14-27(15-13-25)38-22-28-20-29-31(23-39-28)30-21-35(18-19-37-26-10-6-3-7-11-26)17-16-32(30)34-33(29)24-8-4-2-5-9-24/h2-15,28H,16-23H2,1H3/t28-/m1/s1. The van der Waals surface area contributed by atoms with Crippen molar-refractivity contribution < 1.29 is 18.9 Å². The molecular weight excluding hydrogens is 488 g/mol. The van der Waals surface area contributed by atoms with Crippen LogP contribution < -0.4 is 14.2 Å². The Kier molecular flexibility index (Phi) is 7.75. The maximum atomic E-state index is 6.38. The van der Waals surface area contributed by atoms with Gasteiger partial charge in [0.05, 0.1) is 25.5 Å². The van der Waals surface area contributed by atoms with Gasteiger partial charge in [-0.3, -0.25) is 9.88 Å². The van der Waals surface area contributed by atoms with E-state index in [0.29, 0.717) is 19.8 Å². The number of rotatable bonds is 9. The van der Waals surface area contributed by atoms with E-state index in [1.54, 1.807) is 7.11 Å². The third kappa shape index (κ3) is 5.92. The van der Waals surface area contributed by atoms with Crippen molar-refractivity contribution in [3.05, 3.63) is 107 Å². The van der Waals surface area contributed by atoms with E-state index in [2.05, 4.69) is 35.2 Å². The molecule has 6 rings (SSSR count). The molecule has 200 valence electrons. The summed E-state index contributed by atoms with van der Waals surface area (Å²) in [6.45, 7) is 4.45. The number of fused-ring (bicyclic) bond motifs is 3. The van der Waals surface area contributed by atoms with Gasteiger partial charge in [-0.2, -0.15) is 0 Å². The van der Waals surface area contributed by atoms with E-state index in [1.807, 2.05) is 54.6 Å². The molecule has 0 unspecified atom stereocenters. The summed E-state index contributed by atoms with van der Waals surface area (Å²) in [4.78, 5) is 7.73. The van der Waals surface area contributed by atoms with Gasteiger partial charge in [0.1, 0.15) is 30.5 Å². The summed E-state index contributed by atoms with van der Waals surface area (Å²) < 4.78 is 23.7. The molecule has 0 saturated carbocycles. The highest BCUT2D eigenvalue weighted by atomic mass is 16.5. The summed E-state index contributed by atoms with van der Waals surface area (Å²) in [5.41, 5.74) is 7.36. The molecule has 0 aliphatic carbocycles. The van der Waals surface area contributed by atoms with Crippen LogP contribution in [-0.4, -0.2) is 49.4 Å². The largest absolute Gasteiger partial charge is 0.497 e. The third-order valence-electron chi connectivity index (χ3n) is 7.51. The molecule has 1 atom stereocenters. The second-order valence-corrected chi connectivity index (χ2v) is 10.0. The van der Waals surface area contributed by atoms with Crippen LogP contribution >= 0.6 is 0 Å². The van der Waals surface area contributed by atoms with Crippen LogP contribution in [0.15, 0.2) is 84.9 Å². The minimum absolute atomic E-state index is 0.0409. The predicted octanol–water partition coefficient (Wildman–Crippen LogP) is 5.71. The molecule has 3 heterocycles. The van der Waals surface area contributed by atoms with E-state index >= 15 is 0 Å². The number of benzene rings is 3. The molecule has 3 aromatic carbocycles. The number of nitrogens with zero attached hydrogens (tertiary/aromatic N) is 2. The van der Waals surface area contributed by atoms with Crippen molar-refractivity contribution in [1.82, 2.24) is 9.88 Å². The van der Waals surface area contributed by atoms with Crippen LogP contribution in [0.4, 0.5) is 0 Å². The molecule has 0 bridgehead atoms. The van der Waals surface area contributed by atoms with Gasteiger partial charge in [0, 0.05) is 43.7 Å². The van der Waals surface area contributed by atoms with Gasteiger partial charge < -0.3 is 18.9 Å². The number of methoxy groups -OCH3 is 1. The number of pyridine rings is 1. The van der Waals surface area contributed by atoms with Crippen LogP contribution in [0, 0.1) is 0 Å². The second kappa shape index (κ2) is 11.9. The number of hydrogen-bond acceptors (Lipinski definition) is 6. The van der Waals surface area contributed by atoms with Gasteiger partial charge in [-0.1, -0.05) is 48.5 Å². The van der Waals surface area contributed by atoms with Gasteiger partial charge in [0.25, 0.3) is 0 Å². The Morgan fingerprint density at radius 1 is 0.821 bits per heavy atom.